The molecule has 1 atom stereocenters. The number of esters is 1. The summed E-state index contributed by atoms with van der Waals surface area (Å²) < 4.78 is 10.3. The van der Waals surface area contributed by atoms with Crippen LogP contribution >= 0.6 is 0 Å². The van der Waals surface area contributed by atoms with Crippen LogP contribution in [0.4, 0.5) is 0 Å². The van der Waals surface area contributed by atoms with Crippen LogP contribution in [0.1, 0.15) is 29.6 Å². The molecule has 2 rings (SSSR count). The van der Waals surface area contributed by atoms with E-state index >= 15 is 0 Å². The summed E-state index contributed by atoms with van der Waals surface area (Å²) in [5.41, 5.74) is 0.548. The molecule has 1 fully saturated rings. The summed E-state index contributed by atoms with van der Waals surface area (Å²) in [7, 11) is 1.38. The summed E-state index contributed by atoms with van der Waals surface area (Å²) in [5, 5.41) is 3.40. The smallest absolute Gasteiger partial charge is 0.337 e. The second-order valence-corrected chi connectivity index (χ2v) is 4.87. The van der Waals surface area contributed by atoms with E-state index in [1.807, 2.05) is 12.1 Å². The van der Waals surface area contributed by atoms with Gasteiger partial charge in [-0.15, -0.1) is 0 Å². The minimum atomic E-state index is -0.320. The number of piperidine rings is 1. The molecular formula is C15H21NO3. The maximum Gasteiger partial charge on any atom is 0.337 e. The molecule has 0 spiro atoms. The first-order chi connectivity index (χ1) is 9.29. The van der Waals surface area contributed by atoms with E-state index in [4.69, 9.17) is 4.74 Å². The number of hydrogen-bond acceptors (Lipinski definition) is 4. The van der Waals surface area contributed by atoms with Gasteiger partial charge in [0.25, 0.3) is 0 Å². The molecule has 0 bridgehead atoms. The maximum absolute atomic E-state index is 11.3. The van der Waals surface area contributed by atoms with Crippen LogP contribution in [0.5, 0.6) is 5.75 Å². The molecule has 0 aromatic heterocycles. The Hall–Kier alpha value is -1.55. The number of rotatable bonds is 5. The number of methoxy groups -OCH3 is 1. The summed E-state index contributed by atoms with van der Waals surface area (Å²) in [6, 6.07) is 7.07. The molecule has 1 aromatic rings. The van der Waals surface area contributed by atoms with Crippen molar-refractivity contribution < 1.29 is 14.3 Å². The van der Waals surface area contributed by atoms with E-state index < -0.39 is 0 Å². The van der Waals surface area contributed by atoms with Crippen molar-refractivity contribution in [2.24, 2.45) is 5.92 Å². The summed E-state index contributed by atoms with van der Waals surface area (Å²) >= 11 is 0. The van der Waals surface area contributed by atoms with E-state index in [1.54, 1.807) is 12.1 Å². The predicted molar refractivity (Wildman–Crippen MR) is 73.5 cm³/mol. The van der Waals surface area contributed by atoms with Crippen molar-refractivity contribution in [3.63, 3.8) is 0 Å². The Balaban J connectivity index is 1.75. The molecule has 1 aliphatic heterocycles. The van der Waals surface area contributed by atoms with E-state index in [2.05, 4.69) is 10.1 Å². The fourth-order valence-electron chi connectivity index (χ4n) is 2.32. The Morgan fingerprint density at radius 1 is 1.37 bits per heavy atom. The standard InChI is InChI=1S/C15H21NO3/c1-18-15(17)13-4-6-14(7-5-13)19-10-8-12-3-2-9-16-11-12/h4-7,12,16H,2-3,8-11H2,1H3/t12-/m1/s1. The zero-order valence-electron chi connectivity index (χ0n) is 11.4. The van der Waals surface area contributed by atoms with E-state index in [-0.39, 0.29) is 5.97 Å². The number of carbonyl (C=O) groups is 1. The molecule has 1 aromatic carbocycles. The van der Waals surface area contributed by atoms with Gasteiger partial charge in [-0.1, -0.05) is 0 Å². The topological polar surface area (TPSA) is 47.6 Å². The minimum absolute atomic E-state index is 0.320. The van der Waals surface area contributed by atoms with E-state index in [0.717, 1.165) is 37.8 Å². The molecule has 0 aliphatic carbocycles. The quantitative estimate of drug-likeness (QED) is 0.828. The number of carbonyl (C=O) groups excluding carboxylic acids is 1. The van der Waals surface area contributed by atoms with Gasteiger partial charge in [0.15, 0.2) is 0 Å². The van der Waals surface area contributed by atoms with Gasteiger partial charge in [0.2, 0.25) is 0 Å². The first-order valence-corrected chi connectivity index (χ1v) is 6.81. The van der Waals surface area contributed by atoms with Crippen molar-refractivity contribution in [2.45, 2.75) is 19.3 Å². The van der Waals surface area contributed by atoms with Gasteiger partial charge in [-0.3, -0.25) is 0 Å². The van der Waals surface area contributed by atoms with Crippen LogP contribution in [0, 0.1) is 5.92 Å². The van der Waals surface area contributed by atoms with Crippen LogP contribution in [0.15, 0.2) is 24.3 Å². The van der Waals surface area contributed by atoms with Crippen LogP contribution in [-0.4, -0.2) is 32.8 Å². The monoisotopic (exact) mass is 263 g/mol. The Morgan fingerprint density at radius 3 is 2.79 bits per heavy atom. The van der Waals surface area contributed by atoms with Gasteiger partial charge in [0.1, 0.15) is 5.75 Å². The zero-order valence-corrected chi connectivity index (χ0v) is 11.4. The van der Waals surface area contributed by atoms with Crippen LogP contribution < -0.4 is 10.1 Å². The molecule has 1 saturated heterocycles. The lowest BCUT2D eigenvalue weighted by molar-refractivity contribution is 0.0600. The molecule has 4 heteroatoms. The highest BCUT2D eigenvalue weighted by atomic mass is 16.5. The fraction of sp³-hybridized carbons (Fsp3) is 0.533. The minimum Gasteiger partial charge on any atom is -0.494 e. The fourth-order valence-corrected chi connectivity index (χ4v) is 2.32. The Labute approximate surface area is 114 Å². The Kier molecular flexibility index (Phi) is 5.21. The molecule has 0 amide bonds. The lowest BCUT2D eigenvalue weighted by atomic mass is 9.97. The van der Waals surface area contributed by atoms with Gasteiger partial charge in [0, 0.05) is 0 Å². The average Bonchev–Trinajstić information content (AvgIpc) is 2.48. The summed E-state index contributed by atoms with van der Waals surface area (Å²) in [6.45, 7) is 2.97. The van der Waals surface area contributed by atoms with Crippen molar-refractivity contribution in [2.75, 3.05) is 26.8 Å². The Bertz CT molecular complexity index is 396. The number of hydrogen-bond donors (Lipinski definition) is 1. The van der Waals surface area contributed by atoms with Gasteiger partial charge in [-0.2, -0.15) is 0 Å². The van der Waals surface area contributed by atoms with Crippen molar-refractivity contribution in [3.8, 4) is 5.75 Å². The van der Waals surface area contributed by atoms with Crippen LogP contribution in [-0.2, 0) is 4.74 Å². The number of benzene rings is 1. The van der Waals surface area contributed by atoms with Crippen molar-refractivity contribution >= 4 is 5.97 Å². The summed E-state index contributed by atoms with van der Waals surface area (Å²) in [4.78, 5) is 11.3. The van der Waals surface area contributed by atoms with Crippen molar-refractivity contribution in [1.29, 1.82) is 0 Å². The summed E-state index contributed by atoms with van der Waals surface area (Å²) in [6.07, 6.45) is 3.63. The molecular weight excluding hydrogens is 242 g/mol. The predicted octanol–water partition coefficient (Wildman–Crippen LogP) is 2.24. The normalized spacial score (nSPS) is 18.9. The third-order valence-corrected chi connectivity index (χ3v) is 3.47. The summed E-state index contributed by atoms with van der Waals surface area (Å²) in [5.74, 6) is 1.21. The van der Waals surface area contributed by atoms with Gasteiger partial charge < -0.3 is 14.8 Å². The zero-order chi connectivity index (χ0) is 13.5. The highest BCUT2D eigenvalue weighted by molar-refractivity contribution is 5.89. The SMILES string of the molecule is COC(=O)c1ccc(OCC[C@H]2CCCNC2)cc1. The average molecular weight is 263 g/mol. The first-order valence-electron chi connectivity index (χ1n) is 6.81. The molecule has 104 valence electrons. The molecule has 1 aliphatic rings. The molecule has 4 nitrogen and oxygen atoms in total. The molecule has 19 heavy (non-hydrogen) atoms. The van der Waals surface area contributed by atoms with E-state index in [1.165, 1.54) is 20.0 Å². The van der Waals surface area contributed by atoms with Crippen molar-refractivity contribution in [3.05, 3.63) is 29.8 Å². The highest BCUT2D eigenvalue weighted by Gasteiger charge is 2.12. The molecule has 0 radical (unpaired) electrons. The number of nitrogens with one attached hydrogen (secondary N) is 1. The van der Waals surface area contributed by atoms with Gasteiger partial charge in [-0.05, 0) is 62.5 Å². The van der Waals surface area contributed by atoms with Gasteiger partial charge in [-0.25, -0.2) is 4.79 Å². The third kappa shape index (κ3) is 4.24. The largest absolute Gasteiger partial charge is 0.494 e. The second kappa shape index (κ2) is 7.14. The maximum atomic E-state index is 11.3. The second-order valence-electron chi connectivity index (χ2n) is 4.87. The molecule has 1 N–H and O–H groups in total. The van der Waals surface area contributed by atoms with E-state index in [0.29, 0.717) is 5.56 Å². The first kappa shape index (κ1) is 13.9. The van der Waals surface area contributed by atoms with Gasteiger partial charge in [0.05, 0.1) is 19.3 Å². The van der Waals surface area contributed by atoms with Crippen LogP contribution in [0.3, 0.4) is 0 Å². The third-order valence-electron chi connectivity index (χ3n) is 3.47. The van der Waals surface area contributed by atoms with Crippen molar-refractivity contribution in [1.82, 2.24) is 5.32 Å². The molecule has 1 heterocycles. The van der Waals surface area contributed by atoms with E-state index in [9.17, 15) is 4.79 Å². The van der Waals surface area contributed by atoms with Crippen LogP contribution in [0.25, 0.3) is 0 Å². The van der Waals surface area contributed by atoms with Crippen LogP contribution in [0.2, 0.25) is 0 Å². The highest BCUT2D eigenvalue weighted by Crippen LogP contribution is 2.17. The lowest BCUT2D eigenvalue weighted by Gasteiger charge is -2.22. The lowest BCUT2D eigenvalue weighted by Crippen LogP contribution is -2.30. The Morgan fingerprint density at radius 2 is 2.16 bits per heavy atom. The molecule has 0 unspecified atom stereocenters. The number of ether oxygens (including phenoxy) is 2. The molecule has 0 saturated carbocycles. The van der Waals surface area contributed by atoms with Gasteiger partial charge >= 0.3 is 5.97 Å².